The molecule has 0 aromatic rings. The zero-order valence-electron chi connectivity index (χ0n) is 12.4. The number of methoxy groups -OCH3 is 1. The quantitative estimate of drug-likeness (QED) is 0.254. The Balaban J connectivity index is 2.72. The third kappa shape index (κ3) is 5.04. The van der Waals surface area contributed by atoms with Crippen LogP contribution in [0.25, 0.3) is 0 Å². The summed E-state index contributed by atoms with van der Waals surface area (Å²) in [6, 6.07) is -1.07. The van der Waals surface area contributed by atoms with Gasteiger partial charge in [-0.1, -0.05) is 46.4 Å². The highest BCUT2D eigenvalue weighted by Crippen LogP contribution is 2.31. The maximum Gasteiger partial charge on any atom is 0.408 e. The van der Waals surface area contributed by atoms with Gasteiger partial charge in [0, 0.05) is 0 Å². The van der Waals surface area contributed by atoms with Crippen molar-refractivity contribution in [2.75, 3.05) is 13.7 Å². The number of alkyl carbamates (subject to hydrolysis) is 1. The number of ether oxygens (including phenoxy) is 2. The molecule has 1 aliphatic heterocycles. The molecule has 1 aliphatic rings. The van der Waals surface area contributed by atoms with Gasteiger partial charge < -0.3 is 14.8 Å². The number of allylic oxidation sites excluding steroid dienone is 1. The van der Waals surface area contributed by atoms with E-state index >= 15 is 0 Å². The average molecular weight is 408 g/mol. The van der Waals surface area contributed by atoms with E-state index in [0.717, 1.165) is 4.90 Å². The lowest BCUT2D eigenvalue weighted by Gasteiger charge is -2.43. The van der Waals surface area contributed by atoms with E-state index in [1.54, 1.807) is 13.8 Å². The number of amides is 2. The van der Waals surface area contributed by atoms with E-state index in [1.807, 2.05) is 0 Å². The second kappa shape index (κ2) is 7.79. The Morgan fingerprint density at radius 2 is 1.87 bits per heavy atom. The van der Waals surface area contributed by atoms with E-state index in [0.29, 0.717) is 5.57 Å². The second-order valence-electron chi connectivity index (χ2n) is 4.73. The largest absolute Gasteiger partial charge is 0.464 e. The Labute approximate surface area is 152 Å². The molecule has 1 fully saturated rings. The predicted molar refractivity (Wildman–Crippen MR) is 85.4 cm³/mol. The molecule has 0 spiro atoms. The van der Waals surface area contributed by atoms with Gasteiger partial charge in [0.05, 0.1) is 7.11 Å². The normalized spacial score (nSPS) is 20.5. The minimum absolute atomic E-state index is 0.0187. The number of carbonyl (C=O) groups is 3. The first-order valence-electron chi connectivity index (χ1n) is 6.22. The molecule has 1 unspecified atom stereocenters. The van der Waals surface area contributed by atoms with Crippen molar-refractivity contribution in [1.29, 1.82) is 0 Å². The SMILES string of the molecule is COC(=O)C(=C(C)C)N1C(=O)[C@H](NC(=O)OCC(Cl)(Cl)Cl)C1Cl. The maximum atomic E-state index is 12.1. The van der Waals surface area contributed by atoms with Crippen molar-refractivity contribution < 1.29 is 23.9 Å². The molecule has 0 aromatic heterocycles. The van der Waals surface area contributed by atoms with Gasteiger partial charge in [-0.25, -0.2) is 9.59 Å². The van der Waals surface area contributed by atoms with Gasteiger partial charge in [0.2, 0.25) is 3.79 Å². The van der Waals surface area contributed by atoms with Crippen molar-refractivity contribution in [1.82, 2.24) is 10.2 Å². The van der Waals surface area contributed by atoms with Gasteiger partial charge in [0.15, 0.2) is 0 Å². The number of alkyl halides is 4. The minimum atomic E-state index is -1.77. The van der Waals surface area contributed by atoms with Crippen molar-refractivity contribution in [3.05, 3.63) is 11.3 Å². The van der Waals surface area contributed by atoms with Gasteiger partial charge in [-0.05, 0) is 19.4 Å². The molecule has 130 valence electrons. The molecule has 1 N–H and O–H groups in total. The maximum absolute atomic E-state index is 12.1. The Kier molecular flexibility index (Phi) is 6.82. The molecule has 7 nitrogen and oxygen atoms in total. The molecular weight excluding hydrogens is 394 g/mol. The lowest BCUT2D eigenvalue weighted by atomic mass is 10.0. The summed E-state index contributed by atoms with van der Waals surface area (Å²) in [6.45, 7) is 2.75. The summed E-state index contributed by atoms with van der Waals surface area (Å²) < 4.78 is 7.49. The number of hydrogen-bond donors (Lipinski definition) is 1. The summed E-state index contributed by atoms with van der Waals surface area (Å²) >= 11 is 22.4. The summed E-state index contributed by atoms with van der Waals surface area (Å²) in [6.07, 6.45) is -0.975. The van der Waals surface area contributed by atoms with E-state index in [4.69, 9.17) is 46.4 Å². The van der Waals surface area contributed by atoms with Crippen LogP contribution in [0.1, 0.15) is 13.8 Å². The summed E-state index contributed by atoms with van der Waals surface area (Å²) in [5.41, 5.74) is -0.426. The van der Waals surface area contributed by atoms with Crippen molar-refractivity contribution in [3.63, 3.8) is 0 Å². The number of nitrogens with zero attached hydrogens (tertiary/aromatic N) is 1. The molecule has 2 atom stereocenters. The van der Waals surface area contributed by atoms with Crippen LogP contribution < -0.4 is 5.32 Å². The van der Waals surface area contributed by atoms with Crippen LogP contribution in [-0.2, 0) is 19.1 Å². The highest BCUT2D eigenvalue weighted by Gasteiger charge is 2.51. The molecule has 0 aromatic carbocycles. The van der Waals surface area contributed by atoms with E-state index in [9.17, 15) is 14.4 Å². The third-order valence-corrected chi connectivity index (χ3v) is 3.53. The fraction of sp³-hybridized carbons (Fsp3) is 0.583. The topological polar surface area (TPSA) is 84.9 Å². The number of likely N-dealkylation sites (tertiary alicyclic amines) is 1. The monoisotopic (exact) mass is 406 g/mol. The Morgan fingerprint density at radius 3 is 2.26 bits per heavy atom. The minimum Gasteiger partial charge on any atom is -0.464 e. The lowest BCUT2D eigenvalue weighted by Crippen LogP contribution is -2.68. The molecule has 23 heavy (non-hydrogen) atoms. The molecule has 0 bridgehead atoms. The van der Waals surface area contributed by atoms with Crippen LogP contribution in [0, 0.1) is 0 Å². The summed E-state index contributed by atoms with van der Waals surface area (Å²) in [5, 5.41) is 2.23. The molecular formula is C12H14Cl4N2O5. The third-order valence-electron chi connectivity index (χ3n) is 2.76. The smallest absolute Gasteiger partial charge is 0.408 e. The number of carbonyl (C=O) groups excluding carboxylic acids is 3. The van der Waals surface area contributed by atoms with Crippen LogP contribution >= 0.6 is 46.4 Å². The zero-order chi connectivity index (χ0) is 17.9. The first-order chi connectivity index (χ1) is 10.5. The first-order valence-corrected chi connectivity index (χ1v) is 7.79. The molecule has 0 radical (unpaired) electrons. The van der Waals surface area contributed by atoms with Crippen LogP contribution in [0.5, 0.6) is 0 Å². The number of nitrogens with one attached hydrogen (secondary N) is 1. The van der Waals surface area contributed by atoms with Gasteiger partial charge in [-0.2, -0.15) is 0 Å². The van der Waals surface area contributed by atoms with E-state index in [1.165, 1.54) is 7.11 Å². The Bertz CT molecular complexity index is 542. The van der Waals surface area contributed by atoms with Gasteiger partial charge in [0.25, 0.3) is 5.91 Å². The Morgan fingerprint density at radius 1 is 1.30 bits per heavy atom. The second-order valence-corrected chi connectivity index (χ2v) is 7.70. The van der Waals surface area contributed by atoms with E-state index in [2.05, 4.69) is 14.8 Å². The van der Waals surface area contributed by atoms with E-state index < -0.39 is 39.9 Å². The predicted octanol–water partition coefficient (Wildman–Crippen LogP) is 2.33. The average Bonchev–Trinajstić information content (AvgIpc) is 2.45. The molecule has 0 aliphatic carbocycles. The fourth-order valence-corrected chi connectivity index (χ4v) is 2.30. The van der Waals surface area contributed by atoms with Crippen molar-refractivity contribution in [2.24, 2.45) is 0 Å². The van der Waals surface area contributed by atoms with E-state index in [-0.39, 0.29) is 5.70 Å². The van der Waals surface area contributed by atoms with Crippen LogP contribution in [0.3, 0.4) is 0 Å². The first kappa shape index (κ1) is 20.2. The molecule has 11 heteroatoms. The van der Waals surface area contributed by atoms with Crippen molar-refractivity contribution in [3.8, 4) is 0 Å². The summed E-state index contributed by atoms with van der Waals surface area (Å²) in [5.74, 6) is -1.29. The van der Waals surface area contributed by atoms with Gasteiger partial charge >= 0.3 is 12.1 Å². The van der Waals surface area contributed by atoms with Crippen LogP contribution in [-0.4, -0.2) is 51.9 Å². The van der Waals surface area contributed by atoms with Crippen molar-refractivity contribution >= 4 is 64.4 Å². The molecule has 0 saturated carbocycles. The van der Waals surface area contributed by atoms with Crippen LogP contribution in [0.4, 0.5) is 4.79 Å². The highest BCUT2D eigenvalue weighted by atomic mass is 35.6. The molecule has 1 saturated heterocycles. The number of halogens is 4. The summed E-state index contributed by atoms with van der Waals surface area (Å²) in [7, 11) is 1.18. The number of hydrogen-bond acceptors (Lipinski definition) is 5. The van der Waals surface area contributed by atoms with Gasteiger partial charge in [-0.15, -0.1) is 0 Å². The fourth-order valence-electron chi connectivity index (χ4n) is 1.78. The number of rotatable bonds is 4. The highest BCUT2D eigenvalue weighted by molar-refractivity contribution is 6.67. The summed E-state index contributed by atoms with van der Waals surface area (Å²) in [4.78, 5) is 36.4. The molecule has 2 amide bonds. The Hall–Kier alpha value is -0.890. The van der Waals surface area contributed by atoms with Gasteiger partial charge in [0.1, 0.15) is 23.8 Å². The number of β-lactam (4-membered cyclic amide) rings is 1. The zero-order valence-corrected chi connectivity index (χ0v) is 15.4. The lowest BCUT2D eigenvalue weighted by molar-refractivity contribution is -0.150. The van der Waals surface area contributed by atoms with Gasteiger partial charge in [-0.3, -0.25) is 9.69 Å². The number of esters is 1. The molecule has 1 heterocycles. The van der Waals surface area contributed by atoms with Crippen LogP contribution in [0.15, 0.2) is 11.3 Å². The molecule has 1 rings (SSSR count). The standard InChI is InChI=1S/C12H14Cl4N2O5/c1-5(2)7(10(20)22-3)18-8(13)6(9(18)19)17-11(21)23-4-12(14,15)16/h6,8H,4H2,1-3H3,(H,17,21)/t6-,8?/m1/s1. The van der Waals surface area contributed by atoms with Crippen molar-refractivity contribution in [2.45, 2.75) is 29.2 Å². The van der Waals surface area contributed by atoms with Crippen LogP contribution in [0.2, 0.25) is 0 Å².